The van der Waals surface area contributed by atoms with Crippen LogP contribution < -0.4 is 4.74 Å². The highest BCUT2D eigenvalue weighted by Gasteiger charge is 2.37. The molecule has 0 aliphatic carbocycles. The largest absolute Gasteiger partial charge is 0.451 e. The van der Waals surface area contributed by atoms with E-state index in [-0.39, 0.29) is 24.8 Å². The molecule has 1 N–H and O–H groups in total. The summed E-state index contributed by atoms with van der Waals surface area (Å²) in [6.07, 6.45) is 17.1. The predicted octanol–water partition coefficient (Wildman–Crippen LogP) is 8.34. The van der Waals surface area contributed by atoms with Crippen molar-refractivity contribution < 1.29 is 24.2 Å². The summed E-state index contributed by atoms with van der Waals surface area (Å²) in [6, 6.07) is 22.7. The number of imide groups is 1. The van der Waals surface area contributed by atoms with Gasteiger partial charge in [-0.05, 0) is 55.2 Å². The average molecular weight is 596 g/mol. The molecule has 44 heavy (non-hydrogen) atoms. The van der Waals surface area contributed by atoms with Gasteiger partial charge < -0.3 is 9.84 Å². The van der Waals surface area contributed by atoms with E-state index in [9.17, 15) is 19.5 Å². The summed E-state index contributed by atoms with van der Waals surface area (Å²) < 4.78 is 5.91. The molecule has 0 radical (unpaired) electrons. The van der Waals surface area contributed by atoms with Gasteiger partial charge in [-0.25, -0.2) is 0 Å². The number of nitrogens with zero attached hydrogens (tertiary/aromatic N) is 1. The number of amides is 2. The van der Waals surface area contributed by atoms with Crippen LogP contribution >= 0.6 is 0 Å². The lowest BCUT2D eigenvalue weighted by Crippen LogP contribution is -2.42. The summed E-state index contributed by atoms with van der Waals surface area (Å²) in [5, 5.41) is 11.5. The average Bonchev–Trinajstić information content (AvgIpc) is 3.29. The second-order valence-electron chi connectivity index (χ2n) is 11.6. The van der Waals surface area contributed by atoms with E-state index in [1.54, 1.807) is 72.8 Å². The molecule has 0 saturated heterocycles. The van der Waals surface area contributed by atoms with E-state index in [0.29, 0.717) is 22.4 Å². The molecule has 6 nitrogen and oxygen atoms in total. The molecule has 1 heterocycles. The molecule has 2 amide bonds. The molecule has 3 aromatic carbocycles. The van der Waals surface area contributed by atoms with Crippen molar-refractivity contribution in [2.45, 2.75) is 89.8 Å². The van der Waals surface area contributed by atoms with Gasteiger partial charge in [-0.2, -0.15) is 0 Å². The number of hydrogen-bond donors (Lipinski definition) is 1. The zero-order chi connectivity index (χ0) is 31.2. The summed E-state index contributed by atoms with van der Waals surface area (Å²) >= 11 is 0. The molecule has 0 fully saturated rings. The third-order valence-corrected chi connectivity index (χ3v) is 8.12. The minimum Gasteiger partial charge on any atom is -0.451 e. The quantitative estimate of drug-likeness (QED) is 0.0495. The number of ether oxygens (including phenoxy) is 1. The van der Waals surface area contributed by atoms with Gasteiger partial charge in [-0.3, -0.25) is 19.3 Å². The minimum atomic E-state index is -2.26. The van der Waals surface area contributed by atoms with Gasteiger partial charge in [0.1, 0.15) is 5.75 Å². The summed E-state index contributed by atoms with van der Waals surface area (Å²) in [5.74, 6) is -3.19. The fraction of sp³-hybridized carbons (Fsp3) is 0.395. The Bertz CT molecular complexity index is 1360. The van der Waals surface area contributed by atoms with Crippen molar-refractivity contribution in [2.24, 2.45) is 0 Å². The first-order chi connectivity index (χ1) is 21.4. The molecule has 0 aromatic heterocycles. The number of carbonyl (C=O) groups excluding carboxylic acids is 3. The lowest BCUT2D eigenvalue weighted by Gasteiger charge is -2.25. The van der Waals surface area contributed by atoms with Crippen LogP contribution in [0.5, 0.6) is 5.75 Å². The first kappa shape index (κ1) is 32.9. The number of rotatable bonds is 19. The van der Waals surface area contributed by atoms with E-state index >= 15 is 0 Å². The Kier molecular flexibility index (Phi) is 12.5. The van der Waals surface area contributed by atoms with Crippen LogP contribution in [0.15, 0.2) is 91.0 Å². The molecule has 1 unspecified atom stereocenters. The van der Waals surface area contributed by atoms with Crippen LogP contribution in [0.3, 0.4) is 0 Å². The molecule has 1 aliphatic rings. The number of aryl methyl sites for hydroxylation is 1. The Morgan fingerprint density at radius 1 is 0.750 bits per heavy atom. The van der Waals surface area contributed by atoms with Crippen molar-refractivity contribution in [1.29, 1.82) is 0 Å². The van der Waals surface area contributed by atoms with E-state index in [0.717, 1.165) is 12.8 Å². The Balaban J connectivity index is 1.31. The van der Waals surface area contributed by atoms with E-state index in [4.69, 9.17) is 4.74 Å². The van der Waals surface area contributed by atoms with Gasteiger partial charge in [0.05, 0.1) is 11.1 Å². The summed E-state index contributed by atoms with van der Waals surface area (Å²) in [6.45, 7) is 2.37. The smallest absolute Gasteiger partial charge is 0.292 e. The van der Waals surface area contributed by atoms with Crippen LogP contribution in [-0.2, 0) is 6.42 Å². The van der Waals surface area contributed by atoms with E-state index in [1.165, 1.54) is 74.3 Å². The number of Topliss-reactive ketones (excluding diaryl/α,β-unsaturated/α-hetero) is 1. The molecule has 4 rings (SSSR count). The maximum atomic E-state index is 13.4. The normalized spacial score (nSPS) is 14.2. The lowest BCUT2D eigenvalue weighted by molar-refractivity contribution is -0.0630. The van der Waals surface area contributed by atoms with Crippen molar-refractivity contribution in [2.75, 3.05) is 6.54 Å². The highest BCUT2D eigenvalue weighted by Crippen LogP contribution is 2.25. The van der Waals surface area contributed by atoms with Gasteiger partial charge in [-0.1, -0.05) is 125 Å². The standard InChI is InChI=1S/C38H45NO5/c1-2-3-4-5-6-7-8-9-10-12-19-30-24-26-32(27-25-30)44-38(43,35(40)31-20-13-11-14-21-31)28-17-18-29-39-36(41)33-22-15-16-23-34(33)37(39)42/h11,13-17,20-28,43H,2-10,12,18-19,29H2,1H3. The lowest BCUT2D eigenvalue weighted by atomic mass is 10.0. The maximum absolute atomic E-state index is 13.4. The first-order valence-corrected chi connectivity index (χ1v) is 16.2. The second-order valence-corrected chi connectivity index (χ2v) is 11.6. The topological polar surface area (TPSA) is 83.9 Å². The summed E-state index contributed by atoms with van der Waals surface area (Å²) in [4.78, 5) is 39.9. The predicted molar refractivity (Wildman–Crippen MR) is 174 cm³/mol. The van der Waals surface area contributed by atoms with Crippen LogP contribution in [0.2, 0.25) is 0 Å². The van der Waals surface area contributed by atoms with Crippen molar-refractivity contribution in [3.8, 4) is 5.75 Å². The van der Waals surface area contributed by atoms with E-state index in [1.807, 2.05) is 12.1 Å². The highest BCUT2D eigenvalue weighted by atomic mass is 16.6. The van der Waals surface area contributed by atoms with Crippen molar-refractivity contribution in [3.63, 3.8) is 0 Å². The molecular weight excluding hydrogens is 550 g/mol. The SMILES string of the molecule is CCCCCCCCCCCCc1ccc(OC(O)(C=CCCN2C(=O)c3ccccc3C2=O)C(=O)c2ccccc2)cc1. The molecule has 3 aromatic rings. The zero-order valence-corrected chi connectivity index (χ0v) is 25.9. The number of aliphatic hydroxyl groups is 1. The maximum Gasteiger partial charge on any atom is 0.292 e. The van der Waals surface area contributed by atoms with Crippen molar-refractivity contribution in [1.82, 2.24) is 4.90 Å². The van der Waals surface area contributed by atoms with Crippen LogP contribution in [0.1, 0.15) is 114 Å². The fourth-order valence-electron chi connectivity index (χ4n) is 5.56. The summed E-state index contributed by atoms with van der Waals surface area (Å²) in [7, 11) is 0. The van der Waals surface area contributed by atoms with Gasteiger partial charge in [0.25, 0.3) is 17.6 Å². The second kappa shape index (κ2) is 16.7. The van der Waals surface area contributed by atoms with Crippen LogP contribution in [0.25, 0.3) is 0 Å². The molecule has 0 spiro atoms. The van der Waals surface area contributed by atoms with Crippen molar-refractivity contribution in [3.05, 3.63) is 113 Å². The monoisotopic (exact) mass is 595 g/mol. The number of ketones is 1. The van der Waals surface area contributed by atoms with Gasteiger partial charge in [0, 0.05) is 12.1 Å². The number of benzene rings is 3. The molecule has 0 bridgehead atoms. The fourth-order valence-corrected chi connectivity index (χ4v) is 5.56. The first-order valence-electron chi connectivity index (χ1n) is 16.2. The number of unbranched alkanes of at least 4 members (excludes halogenated alkanes) is 9. The van der Waals surface area contributed by atoms with Crippen LogP contribution in [-0.4, -0.2) is 39.9 Å². The number of fused-ring (bicyclic) bond motifs is 1. The third kappa shape index (κ3) is 8.99. The molecule has 1 atom stereocenters. The Labute approximate surface area is 261 Å². The van der Waals surface area contributed by atoms with E-state index in [2.05, 4.69) is 6.92 Å². The summed E-state index contributed by atoms with van der Waals surface area (Å²) in [5.41, 5.74) is 2.26. The molecular formula is C38H45NO5. The third-order valence-electron chi connectivity index (χ3n) is 8.12. The Hall–Kier alpha value is -4.03. The van der Waals surface area contributed by atoms with Gasteiger partial charge >= 0.3 is 0 Å². The minimum absolute atomic E-state index is 0.117. The zero-order valence-electron chi connectivity index (χ0n) is 25.9. The van der Waals surface area contributed by atoms with Crippen LogP contribution in [0, 0.1) is 0 Å². The molecule has 232 valence electrons. The molecule has 6 heteroatoms. The van der Waals surface area contributed by atoms with Crippen molar-refractivity contribution >= 4 is 17.6 Å². The highest BCUT2D eigenvalue weighted by molar-refractivity contribution is 6.21. The molecule has 0 saturated carbocycles. The Morgan fingerprint density at radius 3 is 1.89 bits per heavy atom. The van der Waals surface area contributed by atoms with Gasteiger partial charge in [0.2, 0.25) is 5.78 Å². The van der Waals surface area contributed by atoms with Gasteiger partial charge in [-0.15, -0.1) is 0 Å². The van der Waals surface area contributed by atoms with Gasteiger partial charge in [0.15, 0.2) is 0 Å². The van der Waals surface area contributed by atoms with Crippen LogP contribution in [0.4, 0.5) is 0 Å². The number of hydrogen-bond acceptors (Lipinski definition) is 5. The van der Waals surface area contributed by atoms with E-state index < -0.39 is 11.6 Å². The molecule has 1 aliphatic heterocycles. The number of carbonyl (C=O) groups is 3. The Morgan fingerprint density at radius 2 is 1.30 bits per heavy atom.